The van der Waals surface area contributed by atoms with Crippen molar-refractivity contribution in [2.24, 2.45) is 5.41 Å². The first-order valence-corrected chi connectivity index (χ1v) is 3.76. The largest absolute Gasteiger partial charge is 0.299 e. The molecule has 0 bridgehead atoms. The fraction of sp³-hybridized carbons (Fsp3) is 0.833. The van der Waals surface area contributed by atoms with Crippen molar-refractivity contribution in [3.8, 4) is 0 Å². The molecular weight excluding hydrogens is 159 g/mol. The SMILES string of the molecule is CC(=O)C(C)(CCl)CCl. The minimum atomic E-state index is -0.525. The lowest BCUT2D eigenvalue weighted by Crippen LogP contribution is -2.29. The van der Waals surface area contributed by atoms with Crippen LogP contribution in [-0.2, 0) is 4.79 Å². The fourth-order valence-electron chi connectivity index (χ4n) is 0.224. The minimum absolute atomic E-state index is 0.0486. The molecule has 0 amide bonds. The lowest BCUT2D eigenvalue weighted by atomic mass is 9.91. The minimum Gasteiger partial charge on any atom is -0.299 e. The molecule has 0 saturated heterocycles. The van der Waals surface area contributed by atoms with E-state index in [-0.39, 0.29) is 5.78 Å². The van der Waals surface area contributed by atoms with Gasteiger partial charge in [0.05, 0.1) is 5.41 Å². The average Bonchev–Trinajstić information content (AvgIpc) is 1.86. The second kappa shape index (κ2) is 3.43. The smallest absolute Gasteiger partial charge is 0.138 e. The molecule has 0 aromatic rings. The first-order valence-electron chi connectivity index (χ1n) is 2.70. The van der Waals surface area contributed by atoms with Gasteiger partial charge in [0.25, 0.3) is 0 Å². The number of Topliss-reactive ketones (excluding diaryl/α,β-unsaturated/α-hetero) is 1. The molecule has 1 nitrogen and oxygen atoms in total. The molecule has 0 saturated carbocycles. The van der Waals surface area contributed by atoms with Crippen molar-refractivity contribution in [2.75, 3.05) is 11.8 Å². The topological polar surface area (TPSA) is 17.1 Å². The first kappa shape index (κ1) is 9.25. The Labute approximate surface area is 65.3 Å². The number of rotatable bonds is 3. The van der Waals surface area contributed by atoms with E-state index in [0.29, 0.717) is 11.8 Å². The normalized spacial score (nSPS) is 11.6. The van der Waals surface area contributed by atoms with Crippen LogP contribution in [0.3, 0.4) is 0 Å². The van der Waals surface area contributed by atoms with Crippen molar-refractivity contribution in [1.82, 2.24) is 0 Å². The number of alkyl halides is 2. The molecular formula is C6H10Cl2O. The molecule has 0 aliphatic rings. The summed E-state index contributed by atoms with van der Waals surface area (Å²) in [6.07, 6.45) is 0. The van der Waals surface area contributed by atoms with Gasteiger partial charge in [-0.25, -0.2) is 0 Å². The van der Waals surface area contributed by atoms with Gasteiger partial charge in [-0.05, 0) is 6.92 Å². The summed E-state index contributed by atoms with van der Waals surface area (Å²) >= 11 is 11.0. The summed E-state index contributed by atoms with van der Waals surface area (Å²) < 4.78 is 0. The zero-order valence-electron chi connectivity index (χ0n) is 5.58. The van der Waals surface area contributed by atoms with Crippen molar-refractivity contribution in [1.29, 1.82) is 0 Å². The van der Waals surface area contributed by atoms with Crippen LogP contribution in [0.2, 0.25) is 0 Å². The van der Waals surface area contributed by atoms with Gasteiger partial charge in [-0.2, -0.15) is 0 Å². The van der Waals surface area contributed by atoms with Crippen LogP contribution in [0.25, 0.3) is 0 Å². The van der Waals surface area contributed by atoms with Crippen molar-refractivity contribution >= 4 is 29.0 Å². The maximum Gasteiger partial charge on any atom is 0.138 e. The average molecular weight is 169 g/mol. The van der Waals surface area contributed by atoms with Crippen molar-refractivity contribution in [2.45, 2.75) is 13.8 Å². The predicted molar refractivity (Wildman–Crippen MR) is 40.2 cm³/mol. The highest BCUT2D eigenvalue weighted by Crippen LogP contribution is 2.20. The van der Waals surface area contributed by atoms with Gasteiger partial charge >= 0.3 is 0 Å². The molecule has 0 heterocycles. The molecule has 0 unspecified atom stereocenters. The Kier molecular flexibility index (Phi) is 3.52. The Morgan fingerprint density at radius 2 is 1.78 bits per heavy atom. The van der Waals surface area contributed by atoms with Gasteiger partial charge in [-0.3, -0.25) is 4.79 Å². The number of halogens is 2. The third-order valence-corrected chi connectivity index (χ3v) is 2.62. The molecule has 0 spiro atoms. The Hall–Kier alpha value is 0.250. The van der Waals surface area contributed by atoms with E-state index >= 15 is 0 Å². The van der Waals surface area contributed by atoms with Gasteiger partial charge in [-0.15, -0.1) is 23.2 Å². The standard InChI is InChI=1S/C6H10Cl2O/c1-5(9)6(2,3-7)4-8/h3-4H2,1-2H3. The Balaban J connectivity index is 4.09. The second-order valence-corrected chi connectivity index (χ2v) is 2.92. The van der Waals surface area contributed by atoms with Crippen LogP contribution in [0, 0.1) is 5.41 Å². The van der Waals surface area contributed by atoms with Crippen LogP contribution in [0.5, 0.6) is 0 Å². The Bertz CT molecular complexity index is 108. The molecule has 3 heteroatoms. The number of ketones is 1. The summed E-state index contributed by atoms with van der Waals surface area (Å²) in [5.74, 6) is 0.644. The first-order chi connectivity index (χ1) is 4.06. The van der Waals surface area contributed by atoms with Crippen LogP contribution in [0.4, 0.5) is 0 Å². The van der Waals surface area contributed by atoms with Gasteiger partial charge in [0, 0.05) is 11.8 Å². The number of hydrogen-bond donors (Lipinski definition) is 0. The summed E-state index contributed by atoms with van der Waals surface area (Å²) in [5, 5.41) is 0. The van der Waals surface area contributed by atoms with E-state index in [1.165, 1.54) is 6.92 Å². The zero-order chi connectivity index (χ0) is 7.49. The van der Waals surface area contributed by atoms with E-state index in [2.05, 4.69) is 0 Å². The Morgan fingerprint density at radius 1 is 1.44 bits per heavy atom. The zero-order valence-corrected chi connectivity index (χ0v) is 7.09. The van der Waals surface area contributed by atoms with Crippen LogP contribution >= 0.6 is 23.2 Å². The molecule has 9 heavy (non-hydrogen) atoms. The van der Waals surface area contributed by atoms with Gasteiger partial charge in [0.1, 0.15) is 5.78 Å². The van der Waals surface area contributed by atoms with E-state index in [4.69, 9.17) is 23.2 Å². The van der Waals surface area contributed by atoms with E-state index < -0.39 is 5.41 Å². The summed E-state index contributed by atoms with van der Waals surface area (Å²) in [7, 11) is 0. The van der Waals surface area contributed by atoms with Crippen molar-refractivity contribution < 1.29 is 4.79 Å². The number of carbonyl (C=O) groups excluding carboxylic acids is 1. The third-order valence-electron chi connectivity index (χ3n) is 1.44. The molecule has 0 aliphatic heterocycles. The molecule has 54 valence electrons. The van der Waals surface area contributed by atoms with E-state index in [0.717, 1.165) is 0 Å². The van der Waals surface area contributed by atoms with Crippen molar-refractivity contribution in [3.63, 3.8) is 0 Å². The van der Waals surface area contributed by atoms with Gasteiger partial charge in [0.15, 0.2) is 0 Å². The van der Waals surface area contributed by atoms with Crippen LogP contribution in [0.15, 0.2) is 0 Å². The number of carbonyl (C=O) groups is 1. The highest BCUT2D eigenvalue weighted by Gasteiger charge is 2.27. The predicted octanol–water partition coefficient (Wildman–Crippen LogP) is 2.06. The summed E-state index contributed by atoms with van der Waals surface area (Å²) in [6, 6.07) is 0. The monoisotopic (exact) mass is 168 g/mol. The van der Waals surface area contributed by atoms with Gasteiger partial charge < -0.3 is 0 Å². The lowest BCUT2D eigenvalue weighted by molar-refractivity contribution is -0.123. The summed E-state index contributed by atoms with van der Waals surface area (Å²) in [4.78, 5) is 10.8. The van der Waals surface area contributed by atoms with Crippen molar-refractivity contribution in [3.05, 3.63) is 0 Å². The van der Waals surface area contributed by atoms with Gasteiger partial charge in [0.2, 0.25) is 0 Å². The van der Waals surface area contributed by atoms with E-state index in [9.17, 15) is 4.79 Å². The molecule has 0 rings (SSSR count). The Morgan fingerprint density at radius 3 is 1.78 bits per heavy atom. The molecule has 0 radical (unpaired) electrons. The highest BCUT2D eigenvalue weighted by atomic mass is 35.5. The second-order valence-electron chi connectivity index (χ2n) is 2.38. The molecule has 0 atom stereocenters. The molecule has 0 aromatic heterocycles. The van der Waals surface area contributed by atoms with Crippen LogP contribution in [0.1, 0.15) is 13.8 Å². The highest BCUT2D eigenvalue weighted by molar-refractivity contribution is 6.23. The molecule has 0 N–H and O–H groups in total. The molecule has 0 aliphatic carbocycles. The third kappa shape index (κ3) is 2.15. The van der Waals surface area contributed by atoms with Crippen LogP contribution in [-0.4, -0.2) is 17.5 Å². The lowest BCUT2D eigenvalue weighted by Gasteiger charge is -2.19. The maximum atomic E-state index is 10.8. The summed E-state index contributed by atoms with van der Waals surface area (Å²) in [5.41, 5.74) is -0.525. The molecule has 0 aromatic carbocycles. The van der Waals surface area contributed by atoms with E-state index in [1.807, 2.05) is 0 Å². The fourth-order valence-corrected chi connectivity index (χ4v) is 0.886. The quantitative estimate of drug-likeness (QED) is 0.591. The van der Waals surface area contributed by atoms with E-state index in [1.54, 1.807) is 6.92 Å². The number of hydrogen-bond acceptors (Lipinski definition) is 1. The maximum absolute atomic E-state index is 10.8. The molecule has 0 fully saturated rings. The van der Waals surface area contributed by atoms with Crippen LogP contribution < -0.4 is 0 Å². The summed E-state index contributed by atoms with van der Waals surface area (Å²) in [6.45, 7) is 3.26. The van der Waals surface area contributed by atoms with Gasteiger partial charge in [-0.1, -0.05) is 6.92 Å².